The van der Waals surface area contributed by atoms with Crippen LogP contribution < -0.4 is 5.73 Å². The Morgan fingerprint density at radius 2 is 1.73 bits per heavy atom. The molecule has 2 N–H and O–H groups in total. The van der Waals surface area contributed by atoms with Gasteiger partial charge in [0.1, 0.15) is 5.78 Å². The molecule has 11 heavy (non-hydrogen) atoms. The molecule has 0 fully saturated rings. The van der Waals surface area contributed by atoms with E-state index in [0.717, 1.165) is 12.8 Å². The molecule has 0 spiro atoms. The normalized spacial score (nSPS) is 10.5. The van der Waals surface area contributed by atoms with E-state index in [-0.39, 0.29) is 23.7 Å². The number of halogens is 1. The van der Waals surface area contributed by atoms with Gasteiger partial charge in [-0.2, -0.15) is 0 Å². The van der Waals surface area contributed by atoms with Crippen molar-refractivity contribution in [2.24, 2.45) is 5.73 Å². The van der Waals surface area contributed by atoms with Gasteiger partial charge in [-0.3, -0.25) is 4.79 Å². The van der Waals surface area contributed by atoms with Crippen molar-refractivity contribution in [1.82, 2.24) is 0 Å². The van der Waals surface area contributed by atoms with Crippen LogP contribution in [0, 0.1) is 0 Å². The molecule has 0 bridgehead atoms. The second-order valence-corrected chi connectivity index (χ2v) is 2.95. The number of carbonyl (C=O) groups is 1. The van der Waals surface area contributed by atoms with Crippen LogP contribution >= 0.6 is 12.4 Å². The Hall–Kier alpha value is -0.0800. The van der Waals surface area contributed by atoms with E-state index in [1.54, 1.807) is 6.92 Å². The lowest BCUT2D eigenvalue weighted by molar-refractivity contribution is -0.118. The number of nitrogens with two attached hydrogens (primary N) is 1. The van der Waals surface area contributed by atoms with Gasteiger partial charge >= 0.3 is 0 Å². The fourth-order valence-corrected chi connectivity index (χ4v) is 0.996. The first-order valence-electron chi connectivity index (χ1n) is 3.82. The summed E-state index contributed by atoms with van der Waals surface area (Å²) in [6, 6.07) is 0. The number of rotatable bonds is 4. The summed E-state index contributed by atoms with van der Waals surface area (Å²) in [6.45, 7) is 5.63. The van der Waals surface area contributed by atoms with Gasteiger partial charge in [-0.05, 0) is 19.8 Å². The monoisotopic (exact) mass is 179 g/mol. The van der Waals surface area contributed by atoms with Crippen molar-refractivity contribution in [2.75, 3.05) is 0 Å². The van der Waals surface area contributed by atoms with Crippen LogP contribution in [0.2, 0.25) is 0 Å². The summed E-state index contributed by atoms with van der Waals surface area (Å²) in [7, 11) is 0. The molecule has 0 aliphatic rings. The summed E-state index contributed by atoms with van der Waals surface area (Å²) < 4.78 is 0. The smallest absolute Gasteiger partial charge is 0.131 e. The molecule has 0 aliphatic carbocycles. The first-order chi connectivity index (χ1) is 4.54. The standard InChI is InChI=1S/C8H17NO.ClH/c1-4-8(9,5-2)6-7(3)10;/h4-6,9H2,1-3H3;1H. The predicted molar refractivity (Wildman–Crippen MR) is 50.0 cm³/mol. The molecule has 2 nitrogen and oxygen atoms in total. The SMILES string of the molecule is CCC(N)(CC)CC(C)=O.Cl. The number of hydrogen-bond donors (Lipinski definition) is 1. The van der Waals surface area contributed by atoms with Gasteiger partial charge in [0.05, 0.1) is 0 Å². The minimum absolute atomic E-state index is 0. The fourth-order valence-electron chi connectivity index (χ4n) is 0.996. The number of Topliss-reactive ketones (excluding diaryl/α,β-unsaturated/α-hetero) is 1. The molecule has 0 aromatic heterocycles. The summed E-state index contributed by atoms with van der Waals surface area (Å²) in [5.74, 6) is 0.186. The van der Waals surface area contributed by atoms with Gasteiger partial charge in [-0.25, -0.2) is 0 Å². The van der Waals surface area contributed by atoms with Crippen molar-refractivity contribution >= 4 is 18.2 Å². The van der Waals surface area contributed by atoms with Crippen molar-refractivity contribution in [2.45, 2.75) is 45.6 Å². The maximum absolute atomic E-state index is 10.7. The van der Waals surface area contributed by atoms with Gasteiger partial charge < -0.3 is 5.73 Å². The second-order valence-electron chi connectivity index (χ2n) is 2.95. The maximum Gasteiger partial charge on any atom is 0.131 e. The summed E-state index contributed by atoms with van der Waals surface area (Å²) in [5.41, 5.74) is 5.63. The predicted octanol–water partition coefficient (Wildman–Crippen LogP) is 1.90. The van der Waals surface area contributed by atoms with Gasteiger partial charge in [0.15, 0.2) is 0 Å². The molecule has 0 atom stereocenters. The molecule has 3 heteroatoms. The molecule has 0 amide bonds. The lowest BCUT2D eigenvalue weighted by Crippen LogP contribution is -2.39. The van der Waals surface area contributed by atoms with Crippen LogP contribution in [0.25, 0.3) is 0 Å². The van der Waals surface area contributed by atoms with Gasteiger partial charge in [0.25, 0.3) is 0 Å². The zero-order chi connectivity index (χ0) is 8.20. The molecule has 68 valence electrons. The Bertz CT molecular complexity index is 121. The van der Waals surface area contributed by atoms with Crippen LogP contribution in [0.5, 0.6) is 0 Å². The molecule has 0 heterocycles. The number of carbonyl (C=O) groups excluding carboxylic acids is 1. The minimum atomic E-state index is -0.244. The Labute approximate surface area is 74.9 Å². The van der Waals surface area contributed by atoms with Gasteiger partial charge in [-0.1, -0.05) is 13.8 Å². The third-order valence-corrected chi connectivity index (χ3v) is 2.01. The van der Waals surface area contributed by atoms with Gasteiger partial charge in [0.2, 0.25) is 0 Å². The Morgan fingerprint density at radius 3 is 1.82 bits per heavy atom. The molecular formula is C8H18ClNO. The molecule has 0 saturated heterocycles. The highest BCUT2D eigenvalue weighted by atomic mass is 35.5. The van der Waals surface area contributed by atoms with E-state index in [1.807, 2.05) is 13.8 Å². The van der Waals surface area contributed by atoms with E-state index < -0.39 is 0 Å². The average molecular weight is 180 g/mol. The molecule has 0 saturated carbocycles. The molecule has 0 unspecified atom stereocenters. The maximum atomic E-state index is 10.7. The average Bonchev–Trinajstić information content (AvgIpc) is 1.87. The van der Waals surface area contributed by atoms with Crippen molar-refractivity contribution < 1.29 is 4.79 Å². The van der Waals surface area contributed by atoms with E-state index in [4.69, 9.17) is 5.73 Å². The van der Waals surface area contributed by atoms with E-state index in [9.17, 15) is 4.79 Å². The van der Waals surface area contributed by atoms with E-state index in [2.05, 4.69) is 0 Å². The zero-order valence-electron chi connectivity index (χ0n) is 7.52. The summed E-state index contributed by atoms with van der Waals surface area (Å²) in [4.78, 5) is 10.7. The van der Waals surface area contributed by atoms with Crippen LogP contribution in [-0.4, -0.2) is 11.3 Å². The first kappa shape index (κ1) is 13.5. The van der Waals surface area contributed by atoms with E-state index in [0.29, 0.717) is 6.42 Å². The van der Waals surface area contributed by atoms with Crippen molar-refractivity contribution in [3.8, 4) is 0 Å². The largest absolute Gasteiger partial charge is 0.325 e. The van der Waals surface area contributed by atoms with Crippen molar-refractivity contribution in [1.29, 1.82) is 0 Å². The van der Waals surface area contributed by atoms with Crippen LogP contribution in [0.1, 0.15) is 40.0 Å². The minimum Gasteiger partial charge on any atom is -0.325 e. The third kappa shape index (κ3) is 5.22. The highest BCUT2D eigenvalue weighted by Gasteiger charge is 2.21. The highest BCUT2D eigenvalue weighted by Crippen LogP contribution is 2.15. The quantitative estimate of drug-likeness (QED) is 0.717. The van der Waals surface area contributed by atoms with Crippen molar-refractivity contribution in [3.05, 3.63) is 0 Å². The Balaban J connectivity index is 0. The molecule has 0 aromatic rings. The summed E-state index contributed by atoms with van der Waals surface area (Å²) >= 11 is 0. The zero-order valence-corrected chi connectivity index (χ0v) is 8.33. The molecule has 0 aromatic carbocycles. The number of hydrogen-bond acceptors (Lipinski definition) is 2. The third-order valence-electron chi connectivity index (χ3n) is 2.01. The van der Waals surface area contributed by atoms with E-state index in [1.165, 1.54) is 0 Å². The van der Waals surface area contributed by atoms with Gasteiger partial charge in [0, 0.05) is 12.0 Å². The van der Waals surface area contributed by atoms with Crippen LogP contribution in [-0.2, 0) is 4.79 Å². The lowest BCUT2D eigenvalue weighted by Gasteiger charge is -2.24. The topological polar surface area (TPSA) is 43.1 Å². The molecule has 0 radical (unpaired) electrons. The lowest BCUT2D eigenvalue weighted by atomic mass is 9.89. The molecule has 0 rings (SSSR count). The van der Waals surface area contributed by atoms with Crippen LogP contribution in [0.3, 0.4) is 0 Å². The second kappa shape index (κ2) is 5.56. The number of ketones is 1. The van der Waals surface area contributed by atoms with Crippen LogP contribution in [0.4, 0.5) is 0 Å². The molecular weight excluding hydrogens is 162 g/mol. The summed E-state index contributed by atoms with van der Waals surface area (Å²) in [5, 5.41) is 0. The Morgan fingerprint density at radius 1 is 1.36 bits per heavy atom. The van der Waals surface area contributed by atoms with E-state index >= 15 is 0 Å². The highest BCUT2D eigenvalue weighted by molar-refractivity contribution is 5.85. The first-order valence-corrected chi connectivity index (χ1v) is 3.82. The van der Waals surface area contributed by atoms with Gasteiger partial charge in [-0.15, -0.1) is 12.4 Å². The van der Waals surface area contributed by atoms with Crippen molar-refractivity contribution in [3.63, 3.8) is 0 Å². The Kier molecular flexibility index (Phi) is 6.82. The van der Waals surface area contributed by atoms with Crippen LogP contribution in [0.15, 0.2) is 0 Å². The summed E-state index contributed by atoms with van der Waals surface area (Å²) in [6.07, 6.45) is 2.27. The fraction of sp³-hybridized carbons (Fsp3) is 0.875. The molecule has 0 aliphatic heterocycles.